The molecule has 0 bridgehead atoms. The normalized spacial score (nSPS) is 24.1. The minimum absolute atomic E-state index is 0.111. The molecule has 2 saturated carbocycles. The van der Waals surface area contributed by atoms with Crippen LogP contribution in [0.15, 0.2) is 24.5 Å². The second-order valence-corrected chi connectivity index (χ2v) is 11.5. The van der Waals surface area contributed by atoms with Crippen molar-refractivity contribution in [2.24, 2.45) is 17.8 Å². The Morgan fingerprint density at radius 1 is 1.18 bits per heavy atom. The lowest BCUT2D eigenvalue weighted by molar-refractivity contribution is 0.0114. The number of amides is 1. The number of hydrogen-bond acceptors (Lipinski definition) is 7. The van der Waals surface area contributed by atoms with Gasteiger partial charge in [0.2, 0.25) is 6.23 Å². The van der Waals surface area contributed by atoms with Gasteiger partial charge < -0.3 is 14.0 Å². The van der Waals surface area contributed by atoms with E-state index in [-0.39, 0.29) is 6.10 Å². The first-order valence-electron chi connectivity index (χ1n) is 14.4. The van der Waals surface area contributed by atoms with Crippen molar-refractivity contribution in [2.45, 2.75) is 77.2 Å². The van der Waals surface area contributed by atoms with Gasteiger partial charge in [-0.1, -0.05) is 24.4 Å². The molecule has 0 radical (unpaired) electrons. The number of aromatic nitrogens is 4. The van der Waals surface area contributed by atoms with E-state index in [4.69, 9.17) is 37.5 Å². The fourth-order valence-electron chi connectivity index (χ4n) is 6.53. The Morgan fingerprint density at radius 3 is 2.65 bits per heavy atom. The molecule has 3 aromatic rings. The maximum atomic E-state index is 11.8. The SMILES string of the molecule is C#CC1CCC(Cn2c(C(OCC)C3CCCC3)nc3cc(C4NNC(=O)O4)nc(-c4cncc(Cl)c4)c32)CC1. The highest BCUT2D eigenvalue weighted by Gasteiger charge is 2.34. The number of ether oxygens (including phenoxy) is 2. The summed E-state index contributed by atoms with van der Waals surface area (Å²) < 4.78 is 14.2. The van der Waals surface area contributed by atoms with E-state index in [0.717, 1.165) is 67.5 Å². The summed E-state index contributed by atoms with van der Waals surface area (Å²) in [7, 11) is 0. The van der Waals surface area contributed by atoms with E-state index < -0.39 is 12.3 Å². The van der Waals surface area contributed by atoms with Crippen molar-refractivity contribution in [3.05, 3.63) is 41.1 Å². The van der Waals surface area contributed by atoms with E-state index >= 15 is 0 Å². The first-order chi connectivity index (χ1) is 19.5. The monoisotopic (exact) mass is 562 g/mol. The molecule has 6 rings (SSSR count). The fourth-order valence-corrected chi connectivity index (χ4v) is 6.70. The number of imidazole rings is 1. The molecular weight excluding hydrogens is 528 g/mol. The zero-order chi connectivity index (χ0) is 27.6. The molecule has 2 N–H and O–H groups in total. The van der Waals surface area contributed by atoms with Crippen LogP contribution < -0.4 is 10.9 Å². The molecule has 2 aliphatic carbocycles. The molecule has 210 valence electrons. The fraction of sp³-hybridized carbons (Fsp3) is 0.533. The quantitative estimate of drug-likeness (QED) is 0.320. The number of cyclic esters (lactones) is 1. The van der Waals surface area contributed by atoms with Crippen LogP contribution in [0.3, 0.4) is 0 Å². The van der Waals surface area contributed by atoms with Crippen LogP contribution in [-0.4, -0.2) is 32.2 Å². The molecule has 40 heavy (non-hydrogen) atoms. The van der Waals surface area contributed by atoms with Crippen molar-refractivity contribution >= 4 is 28.7 Å². The van der Waals surface area contributed by atoms with Crippen molar-refractivity contribution in [2.75, 3.05) is 6.61 Å². The lowest BCUT2D eigenvalue weighted by atomic mass is 9.82. The third-order valence-corrected chi connectivity index (χ3v) is 8.71. The lowest BCUT2D eigenvalue weighted by Crippen LogP contribution is -2.27. The van der Waals surface area contributed by atoms with E-state index in [2.05, 4.69) is 26.3 Å². The topological polar surface area (TPSA) is 103 Å². The molecule has 9 nitrogen and oxygen atoms in total. The smallest absolute Gasteiger partial charge is 0.422 e. The molecule has 1 amide bonds. The third kappa shape index (κ3) is 5.40. The van der Waals surface area contributed by atoms with E-state index in [1.165, 1.54) is 12.8 Å². The summed E-state index contributed by atoms with van der Waals surface area (Å²) in [5, 5.41) is 0.516. The zero-order valence-corrected chi connectivity index (χ0v) is 23.5. The van der Waals surface area contributed by atoms with Crippen molar-refractivity contribution < 1.29 is 14.3 Å². The molecule has 10 heteroatoms. The molecule has 0 aromatic carbocycles. The number of hydrogen-bond donors (Lipinski definition) is 2. The number of hydrazine groups is 1. The zero-order valence-electron chi connectivity index (χ0n) is 22.7. The van der Waals surface area contributed by atoms with Gasteiger partial charge in [0.15, 0.2) is 0 Å². The number of terminal acetylenes is 1. The molecule has 3 aliphatic rings. The van der Waals surface area contributed by atoms with E-state index in [9.17, 15) is 4.79 Å². The summed E-state index contributed by atoms with van der Waals surface area (Å²) in [5.41, 5.74) is 9.06. The van der Waals surface area contributed by atoms with Crippen molar-refractivity contribution in [3.8, 4) is 23.6 Å². The second kappa shape index (κ2) is 11.7. The second-order valence-electron chi connectivity index (χ2n) is 11.1. The van der Waals surface area contributed by atoms with Crippen LogP contribution in [0.1, 0.15) is 82.1 Å². The first kappa shape index (κ1) is 27.0. The number of nitrogens with one attached hydrogen (secondary N) is 2. The first-order valence-corrected chi connectivity index (χ1v) is 14.7. The van der Waals surface area contributed by atoms with Gasteiger partial charge in [-0.3, -0.25) is 10.4 Å². The largest absolute Gasteiger partial charge is 0.423 e. The maximum absolute atomic E-state index is 11.8. The molecule has 1 aliphatic heterocycles. The molecular formula is C30H35ClN6O3. The number of halogens is 1. The van der Waals surface area contributed by atoms with Crippen molar-refractivity contribution in [1.29, 1.82) is 0 Å². The molecule has 0 spiro atoms. The number of rotatable bonds is 8. The van der Waals surface area contributed by atoms with Crippen molar-refractivity contribution in [1.82, 2.24) is 30.4 Å². The van der Waals surface area contributed by atoms with Gasteiger partial charge in [-0.2, -0.15) is 5.43 Å². The van der Waals surface area contributed by atoms with Crippen LogP contribution in [0.2, 0.25) is 5.02 Å². The minimum Gasteiger partial charge on any atom is -0.422 e. The highest BCUT2D eigenvalue weighted by Crippen LogP contribution is 2.42. The van der Waals surface area contributed by atoms with E-state index in [1.54, 1.807) is 12.4 Å². The Kier molecular flexibility index (Phi) is 7.92. The highest BCUT2D eigenvalue weighted by molar-refractivity contribution is 6.30. The standard InChI is InChI=1S/C30H35ClN6O3/c1-3-18-9-11-19(12-10-18)17-37-26-23(34-28(37)27(39-4-2)20-7-5-6-8-20)14-24(29-35-36-30(38)40-29)33-25(26)21-13-22(31)16-32-15-21/h1,13-16,18-20,27,29,35H,4-12,17H2,2H3,(H,36,38). The van der Waals surface area contributed by atoms with Gasteiger partial charge in [-0.25, -0.2) is 14.8 Å². The summed E-state index contributed by atoms with van der Waals surface area (Å²) in [5.74, 6) is 5.13. The average Bonchev–Trinajstić information content (AvgIpc) is 3.73. The molecule has 2 unspecified atom stereocenters. The molecule has 3 aromatic heterocycles. The number of carbonyl (C=O) groups is 1. The lowest BCUT2D eigenvalue weighted by Gasteiger charge is -2.29. The molecule has 1 saturated heterocycles. The maximum Gasteiger partial charge on any atom is 0.423 e. The summed E-state index contributed by atoms with van der Waals surface area (Å²) in [6.45, 7) is 3.46. The van der Waals surface area contributed by atoms with Gasteiger partial charge in [0.25, 0.3) is 0 Å². The third-order valence-electron chi connectivity index (χ3n) is 8.50. The molecule has 2 atom stereocenters. The highest BCUT2D eigenvalue weighted by atomic mass is 35.5. The van der Waals surface area contributed by atoms with Crippen LogP contribution in [0.5, 0.6) is 0 Å². The number of carbonyl (C=O) groups excluding carboxylic acids is 1. The Bertz CT molecular complexity index is 1420. The molecule has 3 fully saturated rings. The predicted molar refractivity (Wildman–Crippen MR) is 152 cm³/mol. The van der Waals surface area contributed by atoms with Gasteiger partial charge >= 0.3 is 6.09 Å². The summed E-state index contributed by atoms with van der Waals surface area (Å²) in [6.07, 6.45) is 16.6. The predicted octanol–water partition coefficient (Wildman–Crippen LogP) is 6.10. The summed E-state index contributed by atoms with van der Waals surface area (Å²) in [4.78, 5) is 26.4. The number of pyridine rings is 2. The van der Waals surface area contributed by atoms with Crippen LogP contribution in [-0.2, 0) is 16.0 Å². The Hall–Kier alpha value is -3.19. The van der Waals surface area contributed by atoms with Crippen molar-refractivity contribution in [3.63, 3.8) is 0 Å². The Morgan fingerprint density at radius 2 is 1.98 bits per heavy atom. The Labute approximate surface area is 239 Å². The van der Waals surface area contributed by atoms with E-state index in [1.807, 2.05) is 19.1 Å². The number of fused-ring (bicyclic) bond motifs is 1. The van der Waals surface area contributed by atoms with Gasteiger partial charge in [0.1, 0.15) is 17.6 Å². The van der Waals surface area contributed by atoms with Gasteiger partial charge in [0, 0.05) is 37.0 Å². The summed E-state index contributed by atoms with van der Waals surface area (Å²) >= 11 is 6.40. The molecule has 4 heterocycles. The minimum atomic E-state index is -0.743. The van der Waals surface area contributed by atoms with Crippen LogP contribution in [0, 0.1) is 30.1 Å². The average molecular weight is 563 g/mol. The Balaban J connectivity index is 1.53. The van der Waals surface area contributed by atoms with Crippen LogP contribution in [0.25, 0.3) is 22.3 Å². The summed E-state index contributed by atoms with van der Waals surface area (Å²) in [6, 6.07) is 3.76. The van der Waals surface area contributed by atoms with Crippen LogP contribution in [0.4, 0.5) is 4.79 Å². The van der Waals surface area contributed by atoms with Crippen LogP contribution >= 0.6 is 11.6 Å². The van der Waals surface area contributed by atoms with E-state index in [0.29, 0.717) is 40.8 Å². The van der Waals surface area contributed by atoms with Gasteiger partial charge in [0.05, 0.1) is 21.7 Å². The van der Waals surface area contributed by atoms with Gasteiger partial charge in [-0.05, 0) is 69.4 Å². The van der Waals surface area contributed by atoms with Gasteiger partial charge in [-0.15, -0.1) is 12.3 Å². The number of nitrogens with zero attached hydrogens (tertiary/aromatic N) is 4.